The van der Waals surface area contributed by atoms with Gasteiger partial charge in [-0.2, -0.15) is 5.10 Å². The number of benzene rings is 2. The summed E-state index contributed by atoms with van der Waals surface area (Å²) in [6, 6.07) is 14.9. The topological polar surface area (TPSA) is 71.7 Å². The van der Waals surface area contributed by atoms with Gasteiger partial charge in [-0.05, 0) is 25.1 Å². The van der Waals surface area contributed by atoms with Crippen molar-refractivity contribution in [2.75, 3.05) is 42.9 Å². The quantitative estimate of drug-likeness (QED) is 0.692. The van der Waals surface area contributed by atoms with E-state index in [4.69, 9.17) is 0 Å². The van der Waals surface area contributed by atoms with E-state index in [0.717, 1.165) is 44.1 Å². The highest BCUT2D eigenvalue weighted by atomic mass is 16.2. The first-order valence-electron chi connectivity index (χ1n) is 10.0. The number of carbonyl (C=O) groups is 1. The number of piperazine rings is 1. The maximum absolute atomic E-state index is 13.1. The highest BCUT2D eigenvalue weighted by Crippen LogP contribution is 2.26. The van der Waals surface area contributed by atoms with Crippen LogP contribution in [0.5, 0.6) is 0 Å². The molecule has 0 unspecified atom stereocenters. The lowest BCUT2D eigenvalue weighted by atomic mass is 10.1. The van der Waals surface area contributed by atoms with Crippen molar-refractivity contribution in [2.24, 2.45) is 7.05 Å². The molecule has 0 radical (unpaired) electrons. The zero-order valence-corrected chi connectivity index (χ0v) is 16.8. The van der Waals surface area contributed by atoms with Gasteiger partial charge in [0.25, 0.3) is 11.5 Å². The fourth-order valence-corrected chi connectivity index (χ4v) is 3.92. The maximum atomic E-state index is 13.1. The summed E-state index contributed by atoms with van der Waals surface area (Å²) < 4.78 is 1.22. The van der Waals surface area contributed by atoms with Gasteiger partial charge >= 0.3 is 0 Å². The van der Waals surface area contributed by atoms with Crippen LogP contribution in [0.1, 0.15) is 17.4 Å². The molecular formula is C22H26N5O2+. The van der Waals surface area contributed by atoms with Crippen LogP contribution in [-0.4, -0.2) is 48.4 Å². The number of aryl methyl sites for hydroxylation is 1. The molecule has 1 aliphatic heterocycles. The van der Waals surface area contributed by atoms with Gasteiger partial charge in [-0.1, -0.05) is 30.3 Å². The molecule has 29 heavy (non-hydrogen) atoms. The van der Waals surface area contributed by atoms with Crippen LogP contribution in [0.25, 0.3) is 10.8 Å². The summed E-state index contributed by atoms with van der Waals surface area (Å²) in [5.74, 6) is -0.318. The van der Waals surface area contributed by atoms with Crippen molar-refractivity contribution >= 4 is 28.1 Å². The number of hydrogen-bond acceptors (Lipinski definition) is 4. The number of nitrogens with zero attached hydrogens (tertiary/aromatic N) is 3. The standard InChI is InChI=1S/C22H25N5O2/c1-3-26-12-14-27(15-13-26)19-11-7-6-10-18(19)23-21(28)20-16-8-4-5-9-17(16)22(29)25(2)24-20/h4-11H,3,12-15H2,1-2H3,(H,23,28)/p+1. The number of quaternary nitrogens is 1. The highest BCUT2D eigenvalue weighted by Gasteiger charge is 2.22. The number of aromatic nitrogens is 2. The minimum Gasteiger partial charge on any atom is -0.359 e. The van der Waals surface area contributed by atoms with E-state index in [9.17, 15) is 9.59 Å². The molecule has 1 aromatic heterocycles. The van der Waals surface area contributed by atoms with Crippen molar-refractivity contribution < 1.29 is 9.69 Å². The first kappa shape index (κ1) is 19.1. The zero-order chi connectivity index (χ0) is 20.4. The summed E-state index contributed by atoms with van der Waals surface area (Å²) in [5, 5.41) is 8.31. The second-order valence-corrected chi connectivity index (χ2v) is 7.38. The van der Waals surface area contributed by atoms with Gasteiger partial charge in [-0.25, -0.2) is 4.68 Å². The number of amides is 1. The smallest absolute Gasteiger partial charge is 0.276 e. The van der Waals surface area contributed by atoms with Gasteiger partial charge in [0.1, 0.15) is 0 Å². The highest BCUT2D eigenvalue weighted by molar-refractivity contribution is 6.12. The van der Waals surface area contributed by atoms with Gasteiger partial charge in [0, 0.05) is 12.4 Å². The molecule has 1 amide bonds. The van der Waals surface area contributed by atoms with E-state index in [0.29, 0.717) is 10.8 Å². The molecular weight excluding hydrogens is 366 g/mol. The Labute approximate surface area is 169 Å². The van der Waals surface area contributed by atoms with Crippen LogP contribution in [0.2, 0.25) is 0 Å². The second-order valence-electron chi connectivity index (χ2n) is 7.38. The Bertz CT molecular complexity index is 1100. The van der Waals surface area contributed by atoms with Crippen LogP contribution in [0, 0.1) is 0 Å². The summed E-state index contributed by atoms with van der Waals surface area (Å²) >= 11 is 0. The summed E-state index contributed by atoms with van der Waals surface area (Å²) in [5.41, 5.74) is 1.81. The van der Waals surface area contributed by atoms with Crippen molar-refractivity contribution in [3.8, 4) is 0 Å². The van der Waals surface area contributed by atoms with Crippen molar-refractivity contribution in [1.82, 2.24) is 9.78 Å². The second kappa shape index (κ2) is 8.05. The van der Waals surface area contributed by atoms with Crippen LogP contribution >= 0.6 is 0 Å². The average Bonchev–Trinajstić information content (AvgIpc) is 2.76. The molecule has 7 heteroatoms. The average molecular weight is 392 g/mol. The third kappa shape index (κ3) is 3.73. The zero-order valence-electron chi connectivity index (χ0n) is 16.8. The molecule has 7 nitrogen and oxygen atoms in total. The minimum atomic E-state index is -0.318. The van der Waals surface area contributed by atoms with E-state index in [1.807, 2.05) is 30.3 Å². The monoisotopic (exact) mass is 392 g/mol. The lowest BCUT2D eigenvalue weighted by molar-refractivity contribution is -0.898. The Hall–Kier alpha value is -3.19. The predicted molar refractivity (Wildman–Crippen MR) is 115 cm³/mol. The molecule has 2 N–H and O–H groups in total. The third-order valence-corrected chi connectivity index (χ3v) is 5.64. The van der Waals surface area contributed by atoms with Crippen molar-refractivity contribution in [3.63, 3.8) is 0 Å². The van der Waals surface area contributed by atoms with E-state index in [1.54, 1.807) is 30.1 Å². The molecule has 0 spiro atoms. The Morgan fingerprint density at radius 2 is 1.72 bits per heavy atom. The van der Waals surface area contributed by atoms with E-state index in [1.165, 1.54) is 4.68 Å². The van der Waals surface area contributed by atoms with E-state index in [-0.39, 0.29) is 17.2 Å². The minimum absolute atomic E-state index is 0.214. The first-order chi connectivity index (χ1) is 14.1. The van der Waals surface area contributed by atoms with Crippen molar-refractivity contribution in [1.29, 1.82) is 0 Å². The van der Waals surface area contributed by atoms with Crippen molar-refractivity contribution in [2.45, 2.75) is 6.92 Å². The van der Waals surface area contributed by atoms with E-state index in [2.05, 4.69) is 22.2 Å². The van der Waals surface area contributed by atoms with Gasteiger partial charge in [-0.3, -0.25) is 9.59 Å². The van der Waals surface area contributed by atoms with Crippen LogP contribution in [0.15, 0.2) is 53.3 Å². The molecule has 1 saturated heterocycles. The molecule has 1 fully saturated rings. The maximum Gasteiger partial charge on any atom is 0.276 e. The molecule has 2 heterocycles. The summed E-state index contributed by atoms with van der Waals surface area (Å²) in [7, 11) is 1.56. The fourth-order valence-electron chi connectivity index (χ4n) is 3.92. The van der Waals surface area contributed by atoms with E-state index < -0.39 is 0 Å². The third-order valence-electron chi connectivity index (χ3n) is 5.64. The number of rotatable bonds is 4. The molecule has 0 saturated carbocycles. The molecule has 1 aliphatic rings. The predicted octanol–water partition coefficient (Wildman–Crippen LogP) is 0.911. The summed E-state index contributed by atoms with van der Waals surface area (Å²) in [4.78, 5) is 29.4. The number of hydrogen-bond donors (Lipinski definition) is 2. The van der Waals surface area contributed by atoms with Crippen molar-refractivity contribution in [3.05, 3.63) is 64.6 Å². The lowest BCUT2D eigenvalue weighted by Gasteiger charge is -2.34. The lowest BCUT2D eigenvalue weighted by Crippen LogP contribution is -3.14. The van der Waals surface area contributed by atoms with Gasteiger partial charge in [-0.15, -0.1) is 0 Å². The fraction of sp³-hybridized carbons (Fsp3) is 0.318. The molecule has 2 aromatic carbocycles. The SMILES string of the molecule is CC[NH+]1CCN(c2ccccc2NC(=O)c2nn(C)c(=O)c3ccccc23)CC1. The molecule has 0 bridgehead atoms. The van der Waals surface area contributed by atoms with Crippen LogP contribution in [0.3, 0.4) is 0 Å². The normalized spacial score (nSPS) is 14.9. The van der Waals surface area contributed by atoms with Crippen LogP contribution in [-0.2, 0) is 7.05 Å². The number of nitrogens with one attached hydrogen (secondary N) is 2. The summed E-state index contributed by atoms with van der Waals surface area (Å²) in [6.45, 7) is 7.44. The molecule has 0 aliphatic carbocycles. The number of para-hydroxylation sites is 2. The number of carbonyl (C=O) groups excluding carboxylic acids is 1. The van der Waals surface area contributed by atoms with Gasteiger partial charge in [0.2, 0.25) is 0 Å². The largest absolute Gasteiger partial charge is 0.359 e. The molecule has 4 rings (SSSR count). The molecule has 0 atom stereocenters. The number of likely N-dealkylation sites (N-methyl/N-ethyl adjacent to an activating group) is 1. The number of fused-ring (bicyclic) bond motifs is 1. The Kier molecular flexibility index (Phi) is 5.31. The van der Waals surface area contributed by atoms with Gasteiger partial charge in [0.15, 0.2) is 5.69 Å². The molecule has 150 valence electrons. The van der Waals surface area contributed by atoms with Gasteiger partial charge in [0.05, 0.1) is 49.5 Å². The Morgan fingerprint density at radius 1 is 1.07 bits per heavy atom. The van der Waals surface area contributed by atoms with Gasteiger partial charge < -0.3 is 15.1 Å². The number of anilines is 2. The summed E-state index contributed by atoms with van der Waals surface area (Å²) in [6.07, 6.45) is 0. The Balaban J connectivity index is 1.65. The Morgan fingerprint density at radius 3 is 2.45 bits per heavy atom. The van der Waals surface area contributed by atoms with E-state index >= 15 is 0 Å². The van der Waals surface area contributed by atoms with Crippen LogP contribution in [0.4, 0.5) is 11.4 Å². The van der Waals surface area contributed by atoms with Crippen LogP contribution < -0.4 is 20.7 Å². The molecule has 3 aromatic rings. The first-order valence-corrected chi connectivity index (χ1v) is 10.0.